The van der Waals surface area contributed by atoms with Gasteiger partial charge in [0.05, 0.1) is 6.10 Å². The van der Waals surface area contributed by atoms with E-state index in [-0.39, 0.29) is 0 Å². The molecule has 3 heteroatoms. The largest absolute Gasteiger partial charge is 0.378 e. The van der Waals surface area contributed by atoms with Gasteiger partial charge < -0.3 is 10.1 Å². The Morgan fingerprint density at radius 1 is 1.56 bits per heavy atom. The van der Waals surface area contributed by atoms with E-state index in [2.05, 4.69) is 49.8 Å². The molecule has 0 bridgehead atoms. The lowest BCUT2D eigenvalue weighted by molar-refractivity contribution is -0.127. The van der Waals surface area contributed by atoms with Crippen LogP contribution < -0.4 is 5.32 Å². The molecule has 102 valence electrons. The van der Waals surface area contributed by atoms with Crippen LogP contribution in [0, 0.1) is 5.41 Å². The number of thiophene rings is 1. The normalized spacial score (nSPS) is 33.1. The first kappa shape index (κ1) is 14.0. The van der Waals surface area contributed by atoms with Crippen molar-refractivity contribution in [2.75, 3.05) is 6.61 Å². The molecule has 1 heterocycles. The van der Waals surface area contributed by atoms with Gasteiger partial charge >= 0.3 is 0 Å². The van der Waals surface area contributed by atoms with Crippen LogP contribution >= 0.6 is 11.3 Å². The second kappa shape index (κ2) is 5.72. The maximum atomic E-state index is 5.85. The maximum absolute atomic E-state index is 5.85. The Labute approximate surface area is 115 Å². The lowest BCUT2D eigenvalue weighted by Gasteiger charge is -2.54. The van der Waals surface area contributed by atoms with Crippen LogP contribution in [-0.4, -0.2) is 18.8 Å². The van der Waals surface area contributed by atoms with E-state index in [4.69, 9.17) is 4.74 Å². The van der Waals surface area contributed by atoms with E-state index in [9.17, 15) is 0 Å². The van der Waals surface area contributed by atoms with E-state index in [0.717, 1.165) is 13.0 Å². The van der Waals surface area contributed by atoms with Gasteiger partial charge in [-0.05, 0) is 49.1 Å². The quantitative estimate of drug-likeness (QED) is 0.841. The summed E-state index contributed by atoms with van der Waals surface area (Å²) in [6, 6.07) is 3.23. The van der Waals surface area contributed by atoms with Gasteiger partial charge in [-0.3, -0.25) is 0 Å². The highest BCUT2D eigenvalue weighted by molar-refractivity contribution is 7.07. The highest BCUT2D eigenvalue weighted by atomic mass is 32.1. The van der Waals surface area contributed by atoms with Crippen LogP contribution in [0.25, 0.3) is 0 Å². The Bertz CT molecular complexity index is 365. The van der Waals surface area contributed by atoms with Crippen molar-refractivity contribution in [3.8, 4) is 0 Å². The van der Waals surface area contributed by atoms with Crippen molar-refractivity contribution < 1.29 is 4.74 Å². The van der Waals surface area contributed by atoms with Gasteiger partial charge in [0.15, 0.2) is 0 Å². The highest BCUT2D eigenvalue weighted by Gasteiger charge is 2.51. The van der Waals surface area contributed by atoms with E-state index < -0.39 is 0 Å². The van der Waals surface area contributed by atoms with Gasteiger partial charge in [0.1, 0.15) is 0 Å². The summed E-state index contributed by atoms with van der Waals surface area (Å²) in [4.78, 5) is 0. The zero-order valence-electron chi connectivity index (χ0n) is 11.9. The molecule has 1 N–H and O–H groups in total. The van der Waals surface area contributed by atoms with Gasteiger partial charge in [-0.15, -0.1) is 0 Å². The predicted octanol–water partition coefficient (Wildman–Crippen LogP) is 3.99. The molecule has 1 aliphatic rings. The van der Waals surface area contributed by atoms with Crippen molar-refractivity contribution in [3.05, 3.63) is 22.4 Å². The van der Waals surface area contributed by atoms with Gasteiger partial charge in [0, 0.05) is 24.1 Å². The van der Waals surface area contributed by atoms with E-state index in [0.29, 0.717) is 23.6 Å². The van der Waals surface area contributed by atoms with Gasteiger partial charge in [-0.25, -0.2) is 0 Å². The third-order valence-corrected chi connectivity index (χ3v) is 5.31. The number of hydrogen-bond donors (Lipinski definition) is 1. The first-order valence-electron chi connectivity index (χ1n) is 7.01. The van der Waals surface area contributed by atoms with Gasteiger partial charge in [0.25, 0.3) is 0 Å². The number of ether oxygens (including phenoxy) is 1. The molecule has 2 nitrogen and oxygen atoms in total. The molecule has 0 amide bonds. The summed E-state index contributed by atoms with van der Waals surface area (Å²) in [6.45, 7) is 9.80. The predicted molar refractivity (Wildman–Crippen MR) is 78.1 cm³/mol. The molecule has 18 heavy (non-hydrogen) atoms. The summed E-state index contributed by atoms with van der Waals surface area (Å²) in [5, 5.41) is 8.16. The molecule has 2 rings (SSSR count). The number of rotatable bonds is 6. The second-order valence-electron chi connectivity index (χ2n) is 5.54. The molecule has 1 aromatic heterocycles. The van der Waals surface area contributed by atoms with Crippen LogP contribution in [-0.2, 0) is 4.74 Å². The molecule has 0 saturated heterocycles. The van der Waals surface area contributed by atoms with Gasteiger partial charge in [-0.2, -0.15) is 11.3 Å². The average molecular weight is 267 g/mol. The zero-order chi connectivity index (χ0) is 13.2. The minimum Gasteiger partial charge on any atom is -0.378 e. The van der Waals surface area contributed by atoms with Crippen LogP contribution in [0.15, 0.2) is 16.8 Å². The smallest absolute Gasteiger partial charge is 0.0658 e. The van der Waals surface area contributed by atoms with Gasteiger partial charge in [0.2, 0.25) is 0 Å². The summed E-state index contributed by atoms with van der Waals surface area (Å²) >= 11 is 1.77. The van der Waals surface area contributed by atoms with Crippen molar-refractivity contribution in [2.45, 2.75) is 58.7 Å². The van der Waals surface area contributed by atoms with Crippen LogP contribution in [0.5, 0.6) is 0 Å². The fourth-order valence-electron chi connectivity index (χ4n) is 2.93. The first-order valence-corrected chi connectivity index (χ1v) is 7.95. The topological polar surface area (TPSA) is 21.3 Å². The molecule has 1 fully saturated rings. The standard InChI is InChI=1S/C15H25NOS/c1-5-15(4)13(9-14(15)17-6-2)16-11(3)12-7-8-18-10-12/h7-8,10-11,13-14,16H,5-6,9H2,1-4H3. The van der Waals surface area contributed by atoms with Crippen LogP contribution in [0.3, 0.4) is 0 Å². The van der Waals surface area contributed by atoms with E-state index >= 15 is 0 Å². The Morgan fingerprint density at radius 2 is 2.33 bits per heavy atom. The second-order valence-corrected chi connectivity index (χ2v) is 6.32. The van der Waals surface area contributed by atoms with Crippen molar-refractivity contribution in [1.82, 2.24) is 5.32 Å². The zero-order valence-corrected chi connectivity index (χ0v) is 12.7. The Morgan fingerprint density at radius 3 is 2.89 bits per heavy atom. The van der Waals surface area contributed by atoms with Gasteiger partial charge in [-0.1, -0.05) is 13.8 Å². The molecule has 1 aromatic rings. The van der Waals surface area contributed by atoms with E-state index in [1.165, 1.54) is 12.0 Å². The fraction of sp³-hybridized carbons (Fsp3) is 0.733. The fourth-order valence-corrected chi connectivity index (χ4v) is 3.68. The monoisotopic (exact) mass is 267 g/mol. The molecule has 0 aliphatic heterocycles. The molecule has 1 aliphatic carbocycles. The minimum absolute atomic E-state index is 0.292. The molecule has 4 atom stereocenters. The summed E-state index contributed by atoms with van der Waals surface area (Å²) in [5.41, 5.74) is 1.69. The lowest BCUT2D eigenvalue weighted by Crippen LogP contribution is -2.62. The minimum atomic E-state index is 0.292. The number of nitrogens with one attached hydrogen (secondary N) is 1. The number of hydrogen-bond acceptors (Lipinski definition) is 3. The average Bonchev–Trinajstić information content (AvgIpc) is 2.90. The third kappa shape index (κ3) is 2.49. The van der Waals surface area contributed by atoms with Crippen LogP contribution in [0.1, 0.15) is 52.1 Å². The molecular formula is C15H25NOS. The molecule has 4 unspecified atom stereocenters. The van der Waals surface area contributed by atoms with Crippen LogP contribution in [0.2, 0.25) is 0 Å². The molecular weight excluding hydrogens is 242 g/mol. The lowest BCUT2D eigenvalue weighted by atomic mass is 9.61. The highest BCUT2D eigenvalue weighted by Crippen LogP contribution is 2.46. The summed E-state index contributed by atoms with van der Waals surface area (Å²) in [5.74, 6) is 0. The van der Waals surface area contributed by atoms with Crippen molar-refractivity contribution >= 4 is 11.3 Å². The first-order chi connectivity index (χ1) is 8.61. The maximum Gasteiger partial charge on any atom is 0.0658 e. The van der Waals surface area contributed by atoms with Crippen LogP contribution in [0.4, 0.5) is 0 Å². The van der Waals surface area contributed by atoms with Crippen molar-refractivity contribution in [3.63, 3.8) is 0 Å². The Kier molecular flexibility index (Phi) is 4.46. The molecule has 1 saturated carbocycles. The summed E-state index contributed by atoms with van der Waals surface area (Å²) < 4.78 is 5.85. The third-order valence-electron chi connectivity index (χ3n) is 4.61. The molecule has 0 spiro atoms. The Hall–Kier alpha value is -0.380. The molecule has 0 radical (unpaired) electrons. The molecule has 0 aromatic carbocycles. The summed E-state index contributed by atoms with van der Waals surface area (Å²) in [7, 11) is 0. The van der Waals surface area contributed by atoms with Crippen molar-refractivity contribution in [2.24, 2.45) is 5.41 Å². The van der Waals surface area contributed by atoms with E-state index in [1.807, 2.05) is 0 Å². The van der Waals surface area contributed by atoms with Crippen molar-refractivity contribution in [1.29, 1.82) is 0 Å². The Balaban J connectivity index is 1.95. The summed E-state index contributed by atoms with van der Waals surface area (Å²) in [6.07, 6.45) is 2.75. The SMILES string of the molecule is CCOC1CC(NC(C)c2ccsc2)C1(C)CC. The van der Waals surface area contributed by atoms with E-state index in [1.54, 1.807) is 11.3 Å².